The summed E-state index contributed by atoms with van der Waals surface area (Å²) < 4.78 is 9.99. The molecule has 164 valence electrons. The number of benzene rings is 2. The van der Waals surface area contributed by atoms with Crippen molar-refractivity contribution in [1.29, 1.82) is 0 Å². The minimum atomic E-state index is -0.378. The van der Waals surface area contributed by atoms with Crippen molar-refractivity contribution < 1.29 is 29.3 Å². The number of phenols is 2. The molecule has 0 atom stereocenters. The van der Waals surface area contributed by atoms with Crippen LogP contribution in [0.25, 0.3) is 0 Å². The van der Waals surface area contributed by atoms with E-state index in [1.54, 1.807) is 36.4 Å². The first-order valence-corrected chi connectivity index (χ1v) is 9.32. The maximum absolute atomic E-state index is 11.8. The smallest absolute Gasteiger partial charge is 0.240 e. The molecule has 0 unspecified atom stereocenters. The highest BCUT2D eigenvalue weighted by atomic mass is 16.5. The lowest BCUT2D eigenvalue weighted by Gasteiger charge is -2.05. The van der Waals surface area contributed by atoms with Gasteiger partial charge in [-0.1, -0.05) is 12.1 Å². The number of carbonyl (C=O) groups excluding carboxylic acids is 2. The Morgan fingerprint density at radius 3 is 1.65 bits per heavy atom. The Kier molecular flexibility index (Phi) is 8.84. The van der Waals surface area contributed by atoms with Gasteiger partial charge in [-0.25, -0.2) is 10.9 Å². The van der Waals surface area contributed by atoms with E-state index >= 15 is 0 Å². The number of hydrazone groups is 2. The molecule has 0 bridgehead atoms. The van der Waals surface area contributed by atoms with Gasteiger partial charge < -0.3 is 19.7 Å². The highest BCUT2D eigenvalue weighted by molar-refractivity contribution is 5.87. The molecule has 0 radical (unpaired) electrons. The molecule has 10 heteroatoms. The van der Waals surface area contributed by atoms with Gasteiger partial charge in [-0.3, -0.25) is 9.59 Å². The van der Waals surface area contributed by atoms with Crippen LogP contribution in [0.15, 0.2) is 46.6 Å². The third-order valence-corrected chi connectivity index (χ3v) is 4.09. The summed E-state index contributed by atoms with van der Waals surface area (Å²) in [6, 6.07) is 9.78. The zero-order valence-electron chi connectivity index (χ0n) is 17.2. The van der Waals surface area contributed by atoms with E-state index in [4.69, 9.17) is 9.47 Å². The monoisotopic (exact) mass is 428 g/mol. The molecule has 4 N–H and O–H groups in total. The summed E-state index contributed by atoms with van der Waals surface area (Å²) in [6.45, 7) is 0. The molecule has 2 aromatic rings. The molecule has 0 spiro atoms. The van der Waals surface area contributed by atoms with Crippen LogP contribution < -0.4 is 20.3 Å². The van der Waals surface area contributed by atoms with Crippen molar-refractivity contribution in [2.45, 2.75) is 19.3 Å². The molecule has 31 heavy (non-hydrogen) atoms. The Morgan fingerprint density at radius 1 is 0.839 bits per heavy atom. The van der Waals surface area contributed by atoms with Crippen LogP contribution in [-0.2, 0) is 9.59 Å². The summed E-state index contributed by atoms with van der Waals surface area (Å²) in [6.07, 6.45) is 3.04. The number of phenolic OH excluding ortho intramolecular Hbond substituents is 2. The van der Waals surface area contributed by atoms with E-state index in [0.717, 1.165) is 0 Å². The highest BCUT2D eigenvalue weighted by Crippen LogP contribution is 2.28. The number of amides is 2. The van der Waals surface area contributed by atoms with Crippen LogP contribution in [0.3, 0.4) is 0 Å². The maximum atomic E-state index is 11.8. The first-order valence-electron chi connectivity index (χ1n) is 9.32. The van der Waals surface area contributed by atoms with Gasteiger partial charge >= 0.3 is 0 Å². The number of carbonyl (C=O) groups is 2. The number of aromatic hydroxyl groups is 2. The van der Waals surface area contributed by atoms with Gasteiger partial charge in [0.05, 0.1) is 26.6 Å². The lowest BCUT2D eigenvalue weighted by atomic mass is 10.2. The third kappa shape index (κ3) is 7.03. The van der Waals surface area contributed by atoms with Crippen LogP contribution in [0.1, 0.15) is 30.4 Å². The first-order chi connectivity index (χ1) is 15.0. The van der Waals surface area contributed by atoms with Gasteiger partial charge in [0.2, 0.25) is 11.8 Å². The van der Waals surface area contributed by atoms with Gasteiger partial charge in [-0.2, -0.15) is 10.2 Å². The predicted molar refractivity (Wildman–Crippen MR) is 115 cm³/mol. The van der Waals surface area contributed by atoms with Crippen molar-refractivity contribution in [3.63, 3.8) is 0 Å². The van der Waals surface area contributed by atoms with E-state index in [0.29, 0.717) is 22.6 Å². The van der Waals surface area contributed by atoms with E-state index < -0.39 is 0 Å². The van der Waals surface area contributed by atoms with Crippen LogP contribution in [0.2, 0.25) is 0 Å². The van der Waals surface area contributed by atoms with Gasteiger partial charge in [-0.15, -0.1) is 0 Å². The van der Waals surface area contributed by atoms with Crippen molar-refractivity contribution in [3.8, 4) is 23.0 Å². The average molecular weight is 428 g/mol. The van der Waals surface area contributed by atoms with Crippen molar-refractivity contribution in [2.75, 3.05) is 14.2 Å². The molecule has 0 fully saturated rings. The molecule has 0 aliphatic carbocycles. The highest BCUT2D eigenvalue weighted by Gasteiger charge is 2.07. The molecule has 0 aliphatic rings. The fraction of sp³-hybridized carbons (Fsp3) is 0.238. The van der Waals surface area contributed by atoms with Gasteiger partial charge in [-0.05, 0) is 30.7 Å². The number of rotatable bonds is 10. The van der Waals surface area contributed by atoms with E-state index in [1.165, 1.54) is 26.6 Å². The molecule has 0 aliphatic heterocycles. The van der Waals surface area contributed by atoms with Crippen molar-refractivity contribution in [2.24, 2.45) is 10.2 Å². The Hall–Kier alpha value is -4.08. The Labute approximate surface area is 179 Å². The van der Waals surface area contributed by atoms with E-state index in [2.05, 4.69) is 21.1 Å². The van der Waals surface area contributed by atoms with Crippen LogP contribution in [0.4, 0.5) is 0 Å². The minimum Gasteiger partial charge on any atom is -0.504 e. The quantitative estimate of drug-likeness (QED) is 0.336. The van der Waals surface area contributed by atoms with Crippen LogP contribution in [0, 0.1) is 0 Å². The molecule has 10 nitrogen and oxygen atoms in total. The number of methoxy groups -OCH3 is 2. The third-order valence-electron chi connectivity index (χ3n) is 4.09. The van der Waals surface area contributed by atoms with E-state index in [1.807, 2.05) is 0 Å². The molecule has 0 aromatic heterocycles. The molecule has 2 aromatic carbocycles. The number of ether oxygens (including phenoxy) is 2. The Bertz CT molecular complexity index is 897. The Morgan fingerprint density at radius 2 is 1.26 bits per heavy atom. The zero-order chi connectivity index (χ0) is 22.6. The van der Waals surface area contributed by atoms with E-state index in [-0.39, 0.29) is 42.6 Å². The van der Waals surface area contributed by atoms with Gasteiger partial charge in [0.1, 0.15) is 0 Å². The molecule has 0 heterocycles. The number of hydrogen-bond acceptors (Lipinski definition) is 8. The second-order valence-corrected chi connectivity index (χ2v) is 6.24. The lowest BCUT2D eigenvalue weighted by Crippen LogP contribution is -2.20. The normalized spacial score (nSPS) is 10.9. The molecule has 0 saturated heterocycles. The van der Waals surface area contributed by atoms with Gasteiger partial charge in [0.25, 0.3) is 0 Å². The predicted octanol–water partition coefficient (Wildman–Crippen LogP) is 1.89. The summed E-state index contributed by atoms with van der Waals surface area (Å²) in [7, 11) is 2.86. The van der Waals surface area contributed by atoms with Gasteiger partial charge in [0, 0.05) is 24.0 Å². The minimum absolute atomic E-state index is 0.0786. The second kappa shape index (κ2) is 11.8. The molecule has 0 saturated carbocycles. The SMILES string of the molecule is COc1cccc(/C=N/NC(=O)CCCC(=O)N/N=C/c2cccc(OC)c2O)c1O. The molecule has 2 rings (SSSR count). The average Bonchev–Trinajstić information content (AvgIpc) is 2.76. The summed E-state index contributed by atoms with van der Waals surface area (Å²) in [5.41, 5.74) is 5.43. The topological polar surface area (TPSA) is 142 Å². The zero-order valence-corrected chi connectivity index (χ0v) is 17.2. The molecule has 2 amide bonds. The number of nitrogens with one attached hydrogen (secondary N) is 2. The standard InChI is InChI=1S/C21H24N4O6/c1-30-16-8-3-6-14(20(16)28)12-22-24-18(26)10-5-11-19(27)25-23-13-15-7-4-9-17(31-2)21(15)29/h3-4,6-9,12-13,28-29H,5,10-11H2,1-2H3,(H,24,26)(H,25,27)/b22-12+,23-13+. The fourth-order valence-corrected chi connectivity index (χ4v) is 2.49. The summed E-state index contributed by atoms with van der Waals surface area (Å²) in [5.74, 6) is -0.325. The summed E-state index contributed by atoms with van der Waals surface area (Å²) in [5, 5.41) is 27.4. The lowest BCUT2D eigenvalue weighted by molar-refractivity contribution is -0.122. The van der Waals surface area contributed by atoms with Crippen molar-refractivity contribution in [1.82, 2.24) is 10.9 Å². The number of nitrogens with zero attached hydrogens (tertiary/aromatic N) is 2. The maximum Gasteiger partial charge on any atom is 0.240 e. The van der Waals surface area contributed by atoms with Crippen molar-refractivity contribution >= 4 is 24.2 Å². The fourth-order valence-electron chi connectivity index (χ4n) is 2.49. The van der Waals surface area contributed by atoms with Gasteiger partial charge in [0.15, 0.2) is 23.0 Å². The first kappa shape index (κ1) is 23.2. The van der Waals surface area contributed by atoms with Crippen molar-refractivity contribution in [3.05, 3.63) is 47.5 Å². The molecular weight excluding hydrogens is 404 g/mol. The largest absolute Gasteiger partial charge is 0.504 e. The summed E-state index contributed by atoms with van der Waals surface area (Å²) in [4.78, 5) is 23.6. The number of para-hydroxylation sites is 2. The number of hydrogen-bond donors (Lipinski definition) is 4. The van der Waals surface area contributed by atoms with Crippen LogP contribution in [-0.4, -0.2) is 48.7 Å². The summed E-state index contributed by atoms with van der Waals surface area (Å²) >= 11 is 0. The second-order valence-electron chi connectivity index (χ2n) is 6.24. The van der Waals surface area contributed by atoms with Crippen LogP contribution >= 0.6 is 0 Å². The molecular formula is C21H24N4O6. The van der Waals surface area contributed by atoms with Crippen LogP contribution in [0.5, 0.6) is 23.0 Å². The van der Waals surface area contributed by atoms with E-state index in [9.17, 15) is 19.8 Å². The Balaban J connectivity index is 1.72.